The minimum atomic E-state index is -0.714. The van der Waals surface area contributed by atoms with Crippen LogP contribution in [-0.2, 0) is 14.3 Å². The highest BCUT2D eigenvalue weighted by molar-refractivity contribution is 7.14. The zero-order valence-corrected chi connectivity index (χ0v) is 18.0. The van der Waals surface area contributed by atoms with Crippen molar-refractivity contribution < 1.29 is 23.8 Å². The number of esters is 1. The topological polar surface area (TPSA) is 86.8 Å². The quantitative estimate of drug-likeness (QED) is 0.484. The van der Waals surface area contributed by atoms with Crippen LogP contribution < -0.4 is 14.8 Å². The van der Waals surface area contributed by atoms with E-state index in [0.29, 0.717) is 15.8 Å². The Kier molecular flexibility index (Phi) is 7.51. The van der Waals surface area contributed by atoms with E-state index in [1.165, 1.54) is 23.5 Å². The lowest BCUT2D eigenvalue weighted by Gasteiger charge is -2.08. The van der Waals surface area contributed by atoms with Gasteiger partial charge in [0.1, 0.15) is 11.5 Å². The molecule has 156 valence electrons. The summed E-state index contributed by atoms with van der Waals surface area (Å²) in [7, 11) is 1.59. The first kappa shape index (κ1) is 21.9. The third-order valence-electron chi connectivity index (χ3n) is 3.74. The highest BCUT2D eigenvalue weighted by Crippen LogP contribution is 2.28. The van der Waals surface area contributed by atoms with E-state index in [9.17, 15) is 9.59 Å². The predicted molar refractivity (Wildman–Crippen MR) is 116 cm³/mol. The summed E-state index contributed by atoms with van der Waals surface area (Å²) in [6.07, 6.45) is 0. The van der Waals surface area contributed by atoms with Crippen molar-refractivity contribution in [2.45, 2.75) is 0 Å². The van der Waals surface area contributed by atoms with E-state index in [-0.39, 0.29) is 10.8 Å². The lowest BCUT2D eigenvalue weighted by molar-refractivity contribution is -0.149. The van der Waals surface area contributed by atoms with Gasteiger partial charge in [0, 0.05) is 16.0 Å². The minimum Gasteiger partial charge on any atom is -0.497 e. The summed E-state index contributed by atoms with van der Waals surface area (Å²) in [5.74, 6) is -0.194. The summed E-state index contributed by atoms with van der Waals surface area (Å²) in [5, 5.41) is 5.51. The van der Waals surface area contributed by atoms with Gasteiger partial charge in [-0.05, 0) is 42.5 Å². The number of methoxy groups -OCH3 is 1. The number of nitrogens with one attached hydrogen (secondary N) is 1. The van der Waals surface area contributed by atoms with Gasteiger partial charge in [-0.3, -0.25) is 10.1 Å². The van der Waals surface area contributed by atoms with Crippen LogP contribution in [0.3, 0.4) is 0 Å². The molecule has 0 bridgehead atoms. The molecule has 3 aromatic rings. The molecular formula is C20H16Cl2N2O5S. The molecule has 7 nitrogen and oxygen atoms in total. The molecule has 0 saturated carbocycles. The van der Waals surface area contributed by atoms with E-state index in [4.69, 9.17) is 37.4 Å². The summed E-state index contributed by atoms with van der Waals surface area (Å²) >= 11 is 13.0. The molecule has 3 rings (SSSR count). The van der Waals surface area contributed by atoms with Crippen molar-refractivity contribution in [1.82, 2.24) is 4.98 Å². The number of hydrogen-bond acceptors (Lipinski definition) is 7. The number of ether oxygens (including phenoxy) is 3. The maximum Gasteiger partial charge on any atom is 0.344 e. The van der Waals surface area contributed by atoms with Crippen molar-refractivity contribution in [2.75, 3.05) is 25.6 Å². The van der Waals surface area contributed by atoms with Crippen molar-refractivity contribution in [1.29, 1.82) is 0 Å². The first-order valence-corrected chi connectivity index (χ1v) is 10.2. The molecular weight excluding hydrogens is 451 g/mol. The van der Waals surface area contributed by atoms with Crippen molar-refractivity contribution in [3.63, 3.8) is 0 Å². The number of carbonyl (C=O) groups is 2. The number of hydrogen-bond donors (Lipinski definition) is 1. The molecule has 0 spiro atoms. The van der Waals surface area contributed by atoms with Gasteiger partial charge in [0.25, 0.3) is 5.91 Å². The van der Waals surface area contributed by atoms with E-state index >= 15 is 0 Å². The van der Waals surface area contributed by atoms with Gasteiger partial charge in [0.2, 0.25) is 0 Å². The number of nitrogens with zero attached hydrogens (tertiary/aromatic N) is 1. The summed E-state index contributed by atoms with van der Waals surface area (Å²) in [5.41, 5.74) is 1.60. The van der Waals surface area contributed by atoms with Crippen LogP contribution in [0.4, 0.5) is 5.13 Å². The van der Waals surface area contributed by atoms with Crippen LogP contribution in [-0.4, -0.2) is 37.2 Å². The number of halogens is 2. The van der Waals surface area contributed by atoms with Crippen LogP contribution in [0, 0.1) is 0 Å². The van der Waals surface area contributed by atoms with E-state index in [1.54, 1.807) is 13.2 Å². The number of amides is 1. The zero-order valence-electron chi connectivity index (χ0n) is 15.7. The number of thiazole rings is 1. The number of benzene rings is 2. The fourth-order valence-electron chi connectivity index (χ4n) is 2.30. The van der Waals surface area contributed by atoms with E-state index < -0.39 is 25.1 Å². The Morgan fingerprint density at radius 2 is 1.87 bits per heavy atom. The monoisotopic (exact) mass is 466 g/mol. The van der Waals surface area contributed by atoms with Gasteiger partial charge in [0.05, 0.1) is 17.8 Å². The Labute approximate surface area is 186 Å². The molecule has 0 unspecified atom stereocenters. The smallest absolute Gasteiger partial charge is 0.344 e. The average molecular weight is 467 g/mol. The van der Waals surface area contributed by atoms with E-state index in [1.807, 2.05) is 29.6 Å². The Bertz CT molecular complexity index is 1040. The zero-order chi connectivity index (χ0) is 21.5. The lowest BCUT2D eigenvalue weighted by atomic mass is 10.2. The number of carbonyl (C=O) groups excluding carboxylic acids is 2. The number of aromatic nitrogens is 1. The maximum absolute atomic E-state index is 12.0. The second kappa shape index (κ2) is 10.3. The third kappa shape index (κ3) is 6.09. The van der Waals surface area contributed by atoms with Gasteiger partial charge in [-0.2, -0.15) is 0 Å². The van der Waals surface area contributed by atoms with Gasteiger partial charge >= 0.3 is 5.97 Å². The summed E-state index contributed by atoms with van der Waals surface area (Å²) in [4.78, 5) is 28.1. The number of anilines is 1. The lowest BCUT2D eigenvalue weighted by Crippen LogP contribution is -2.23. The second-order valence-corrected chi connectivity index (χ2v) is 7.54. The molecule has 2 aromatic carbocycles. The first-order valence-electron chi connectivity index (χ1n) is 8.58. The van der Waals surface area contributed by atoms with Crippen LogP contribution >= 0.6 is 34.5 Å². The standard InChI is InChI=1S/C20H16Cl2N2O5S/c1-27-14-5-2-12(3-6-14)16-11-30-20(23-16)24-18(25)9-29-19(26)10-28-17-7-4-13(21)8-15(17)22/h2-8,11H,9-10H2,1H3,(H,23,24,25). The maximum atomic E-state index is 12.0. The largest absolute Gasteiger partial charge is 0.497 e. The van der Waals surface area contributed by atoms with Gasteiger partial charge in [-0.25, -0.2) is 9.78 Å². The van der Waals surface area contributed by atoms with Crippen LogP contribution in [0.1, 0.15) is 0 Å². The highest BCUT2D eigenvalue weighted by atomic mass is 35.5. The molecule has 10 heteroatoms. The third-order valence-corrected chi connectivity index (χ3v) is 5.03. The van der Waals surface area contributed by atoms with Crippen LogP contribution in [0.25, 0.3) is 11.3 Å². The molecule has 1 N–H and O–H groups in total. The Morgan fingerprint density at radius 1 is 1.10 bits per heavy atom. The van der Waals surface area contributed by atoms with Crippen LogP contribution in [0.15, 0.2) is 47.8 Å². The van der Waals surface area contributed by atoms with Crippen molar-refractivity contribution in [2.24, 2.45) is 0 Å². The molecule has 0 radical (unpaired) electrons. The van der Waals surface area contributed by atoms with Gasteiger partial charge in [-0.1, -0.05) is 23.2 Å². The summed E-state index contributed by atoms with van der Waals surface area (Å²) in [6.45, 7) is -0.860. The second-order valence-electron chi connectivity index (χ2n) is 5.84. The van der Waals surface area contributed by atoms with Crippen molar-refractivity contribution in [3.8, 4) is 22.8 Å². The Hall–Kier alpha value is -2.81. The van der Waals surface area contributed by atoms with E-state index in [2.05, 4.69) is 10.3 Å². The molecule has 0 atom stereocenters. The number of rotatable bonds is 8. The van der Waals surface area contributed by atoms with Gasteiger partial charge in [0.15, 0.2) is 18.3 Å². The molecule has 1 heterocycles. The molecule has 0 aliphatic carbocycles. The Balaban J connectivity index is 1.45. The van der Waals surface area contributed by atoms with Crippen molar-refractivity contribution in [3.05, 3.63) is 57.9 Å². The normalized spacial score (nSPS) is 10.4. The fourth-order valence-corrected chi connectivity index (χ4v) is 3.50. The highest BCUT2D eigenvalue weighted by Gasteiger charge is 2.12. The fraction of sp³-hybridized carbons (Fsp3) is 0.150. The predicted octanol–water partition coefficient (Wildman–Crippen LogP) is 4.69. The molecule has 0 aliphatic heterocycles. The summed E-state index contributed by atoms with van der Waals surface area (Å²) < 4.78 is 15.3. The van der Waals surface area contributed by atoms with E-state index in [0.717, 1.165) is 11.3 Å². The SMILES string of the molecule is COc1ccc(-c2csc(NC(=O)COC(=O)COc3ccc(Cl)cc3Cl)n2)cc1. The molecule has 1 aromatic heterocycles. The van der Waals surface area contributed by atoms with Crippen molar-refractivity contribution >= 4 is 51.5 Å². The average Bonchev–Trinajstić information content (AvgIpc) is 3.20. The molecule has 0 aliphatic rings. The van der Waals surface area contributed by atoms with Gasteiger partial charge < -0.3 is 14.2 Å². The Morgan fingerprint density at radius 3 is 2.57 bits per heavy atom. The first-order chi connectivity index (χ1) is 14.4. The van der Waals surface area contributed by atoms with Crippen LogP contribution in [0.2, 0.25) is 10.0 Å². The van der Waals surface area contributed by atoms with Gasteiger partial charge in [-0.15, -0.1) is 11.3 Å². The molecule has 0 fully saturated rings. The molecule has 1 amide bonds. The molecule has 0 saturated heterocycles. The molecule has 30 heavy (non-hydrogen) atoms. The minimum absolute atomic E-state index is 0.268. The van der Waals surface area contributed by atoms with Crippen LogP contribution in [0.5, 0.6) is 11.5 Å². The summed E-state index contributed by atoms with van der Waals surface area (Å²) in [6, 6.07) is 12.0.